The maximum atomic E-state index is 12.6. The van der Waals surface area contributed by atoms with Crippen LogP contribution in [0.3, 0.4) is 0 Å². The van der Waals surface area contributed by atoms with E-state index in [1.165, 1.54) is 0 Å². The number of benzene rings is 1. The number of hydrogen-bond acceptors (Lipinski definition) is 3. The maximum absolute atomic E-state index is 12.6. The standard InChI is InChI=1S/C15H22N4O/c1-4-11(5-2)10-19(6-3)15(20)12-7-8-13-14(9-12)17-18-16-13/h7-9,11H,4-6,10H2,1-3H3,(H,16,17,18). The Hall–Kier alpha value is -1.91. The van der Waals surface area contributed by atoms with Crippen molar-refractivity contribution in [2.75, 3.05) is 13.1 Å². The summed E-state index contributed by atoms with van der Waals surface area (Å²) < 4.78 is 0. The molecule has 0 aliphatic carbocycles. The van der Waals surface area contributed by atoms with E-state index in [4.69, 9.17) is 0 Å². The summed E-state index contributed by atoms with van der Waals surface area (Å²) in [7, 11) is 0. The summed E-state index contributed by atoms with van der Waals surface area (Å²) in [6.07, 6.45) is 2.20. The number of H-pyrrole nitrogens is 1. The average molecular weight is 274 g/mol. The molecular formula is C15H22N4O. The number of nitrogens with one attached hydrogen (secondary N) is 1. The van der Waals surface area contributed by atoms with Crippen LogP contribution in [0.2, 0.25) is 0 Å². The Morgan fingerprint density at radius 3 is 2.55 bits per heavy atom. The van der Waals surface area contributed by atoms with Gasteiger partial charge in [-0.05, 0) is 31.0 Å². The van der Waals surface area contributed by atoms with Gasteiger partial charge in [0.25, 0.3) is 5.91 Å². The van der Waals surface area contributed by atoms with Crippen molar-refractivity contribution in [1.29, 1.82) is 0 Å². The molecule has 0 atom stereocenters. The fourth-order valence-corrected chi connectivity index (χ4v) is 2.37. The molecule has 0 unspecified atom stereocenters. The molecular weight excluding hydrogens is 252 g/mol. The molecule has 1 aromatic carbocycles. The highest BCUT2D eigenvalue weighted by molar-refractivity contribution is 5.97. The number of carbonyl (C=O) groups excluding carboxylic acids is 1. The lowest BCUT2D eigenvalue weighted by Gasteiger charge is -2.25. The van der Waals surface area contributed by atoms with Crippen LogP contribution in [-0.4, -0.2) is 39.3 Å². The van der Waals surface area contributed by atoms with Crippen LogP contribution in [0, 0.1) is 5.92 Å². The number of nitrogens with zero attached hydrogens (tertiary/aromatic N) is 3. The zero-order valence-corrected chi connectivity index (χ0v) is 12.4. The molecule has 0 bridgehead atoms. The van der Waals surface area contributed by atoms with Crippen LogP contribution in [0.15, 0.2) is 18.2 Å². The fraction of sp³-hybridized carbons (Fsp3) is 0.533. The predicted octanol–water partition coefficient (Wildman–Crippen LogP) is 2.86. The highest BCUT2D eigenvalue weighted by atomic mass is 16.2. The minimum atomic E-state index is 0.0734. The van der Waals surface area contributed by atoms with E-state index in [1.807, 2.05) is 24.0 Å². The number of hydrogen-bond donors (Lipinski definition) is 1. The highest BCUT2D eigenvalue weighted by Gasteiger charge is 2.18. The second-order valence-electron chi connectivity index (χ2n) is 5.05. The third kappa shape index (κ3) is 2.98. The van der Waals surface area contributed by atoms with Crippen LogP contribution >= 0.6 is 0 Å². The van der Waals surface area contributed by atoms with E-state index in [-0.39, 0.29) is 5.91 Å². The predicted molar refractivity (Wildman–Crippen MR) is 79.5 cm³/mol. The van der Waals surface area contributed by atoms with Gasteiger partial charge in [0.15, 0.2) is 0 Å². The third-order valence-electron chi connectivity index (χ3n) is 3.87. The highest BCUT2D eigenvalue weighted by Crippen LogP contribution is 2.15. The third-order valence-corrected chi connectivity index (χ3v) is 3.87. The maximum Gasteiger partial charge on any atom is 0.253 e. The molecule has 1 aromatic heterocycles. The van der Waals surface area contributed by atoms with Crippen molar-refractivity contribution in [2.24, 2.45) is 5.92 Å². The Morgan fingerprint density at radius 2 is 1.90 bits per heavy atom. The van der Waals surface area contributed by atoms with Gasteiger partial charge in [-0.3, -0.25) is 4.79 Å². The summed E-state index contributed by atoms with van der Waals surface area (Å²) in [6, 6.07) is 5.45. The summed E-state index contributed by atoms with van der Waals surface area (Å²) in [6.45, 7) is 7.92. The molecule has 1 heterocycles. The van der Waals surface area contributed by atoms with Gasteiger partial charge in [-0.25, -0.2) is 0 Å². The Morgan fingerprint density at radius 1 is 1.20 bits per heavy atom. The molecule has 5 nitrogen and oxygen atoms in total. The Balaban J connectivity index is 2.18. The van der Waals surface area contributed by atoms with Crippen molar-refractivity contribution in [1.82, 2.24) is 20.3 Å². The Bertz CT molecular complexity index is 574. The molecule has 0 aliphatic rings. The number of fused-ring (bicyclic) bond motifs is 1. The van der Waals surface area contributed by atoms with Crippen molar-refractivity contribution in [3.05, 3.63) is 23.8 Å². The fourth-order valence-electron chi connectivity index (χ4n) is 2.37. The lowest BCUT2D eigenvalue weighted by atomic mass is 10.0. The van der Waals surface area contributed by atoms with Crippen molar-refractivity contribution in [3.8, 4) is 0 Å². The number of rotatable bonds is 6. The second-order valence-corrected chi connectivity index (χ2v) is 5.05. The topological polar surface area (TPSA) is 61.9 Å². The van der Waals surface area contributed by atoms with Gasteiger partial charge >= 0.3 is 0 Å². The van der Waals surface area contributed by atoms with E-state index in [1.54, 1.807) is 6.07 Å². The number of aromatic nitrogens is 3. The molecule has 0 saturated carbocycles. The van der Waals surface area contributed by atoms with Crippen LogP contribution in [0.5, 0.6) is 0 Å². The van der Waals surface area contributed by atoms with E-state index in [2.05, 4.69) is 29.3 Å². The van der Waals surface area contributed by atoms with Crippen LogP contribution in [0.1, 0.15) is 44.0 Å². The van der Waals surface area contributed by atoms with E-state index < -0.39 is 0 Å². The van der Waals surface area contributed by atoms with E-state index in [0.29, 0.717) is 11.5 Å². The quantitative estimate of drug-likeness (QED) is 0.881. The zero-order valence-electron chi connectivity index (χ0n) is 12.4. The summed E-state index contributed by atoms with van der Waals surface area (Å²) in [5.41, 5.74) is 2.19. The first-order chi connectivity index (χ1) is 9.69. The van der Waals surface area contributed by atoms with Crippen LogP contribution in [-0.2, 0) is 0 Å². The minimum absolute atomic E-state index is 0.0734. The van der Waals surface area contributed by atoms with Gasteiger partial charge in [0.1, 0.15) is 11.0 Å². The minimum Gasteiger partial charge on any atom is -0.339 e. The van der Waals surface area contributed by atoms with Crippen molar-refractivity contribution >= 4 is 16.9 Å². The molecule has 1 N–H and O–H groups in total. The molecule has 108 valence electrons. The lowest BCUT2D eigenvalue weighted by Crippen LogP contribution is -2.35. The summed E-state index contributed by atoms with van der Waals surface area (Å²) >= 11 is 0. The molecule has 0 saturated heterocycles. The molecule has 5 heteroatoms. The zero-order chi connectivity index (χ0) is 14.5. The summed E-state index contributed by atoms with van der Waals surface area (Å²) in [5.74, 6) is 0.638. The molecule has 0 aliphatic heterocycles. The molecule has 20 heavy (non-hydrogen) atoms. The molecule has 0 spiro atoms. The van der Waals surface area contributed by atoms with Crippen molar-refractivity contribution in [2.45, 2.75) is 33.6 Å². The number of amides is 1. The largest absolute Gasteiger partial charge is 0.339 e. The van der Waals surface area contributed by atoms with Gasteiger partial charge in [-0.15, -0.1) is 0 Å². The van der Waals surface area contributed by atoms with E-state index >= 15 is 0 Å². The normalized spacial score (nSPS) is 11.2. The Labute approximate surface area is 119 Å². The van der Waals surface area contributed by atoms with Gasteiger partial charge in [-0.2, -0.15) is 15.4 Å². The van der Waals surface area contributed by atoms with Crippen LogP contribution < -0.4 is 0 Å². The first kappa shape index (κ1) is 14.5. The SMILES string of the molecule is CCC(CC)CN(CC)C(=O)c1ccc2n[nH]nc2c1. The van der Waals surface area contributed by atoms with Crippen molar-refractivity contribution < 1.29 is 4.79 Å². The smallest absolute Gasteiger partial charge is 0.253 e. The molecule has 0 fully saturated rings. The van der Waals surface area contributed by atoms with Gasteiger partial charge < -0.3 is 4.90 Å². The van der Waals surface area contributed by atoms with Gasteiger partial charge in [0.05, 0.1) is 0 Å². The molecule has 0 radical (unpaired) electrons. The molecule has 2 aromatic rings. The number of carbonyl (C=O) groups is 1. The molecule has 2 rings (SSSR count). The van der Waals surface area contributed by atoms with Crippen LogP contribution in [0.25, 0.3) is 11.0 Å². The first-order valence-electron chi connectivity index (χ1n) is 7.29. The van der Waals surface area contributed by atoms with Gasteiger partial charge in [0, 0.05) is 18.7 Å². The summed E-state index contributed by atoms with van der Waals surface area (Å²) in [5, 5.41) is 10.6. The van der Waals surface area contributed by atoms with Gasteiger partial charge in [0.2, 0.25) is 0 Å². The average Bonchev–Trinajstić information content (AvgIpc) is 2.95. The van der Waals surface area contributed by atoms with E-state index in [9.17, 15) is 4.79 Å². The Kier molecular flexibility index (Phi) is 4.71. The second kappa shape index (κ2) is 6.50. The summed E-state index contributed by atoms with van der Waals surface area (Å²) in [4.78, 5) is 14.5. The van der Waals surface area contributed by atoms with Gasteiger partial charge in [-0.1, -0.05) is 26.7 Å². The monoisotopic (exact) mass is 274 g/mol. The van der Waals surface area contributed by atoms with E-state index in [0.717, 1.165) is 37.0 Å². The first-order valence-corrected chi connectivity index (χ1v) is 7.29. The molecule has 1 amide bonds. The lowest BCUT2D eigenvalue weighted by molar-refractivity contribution is 0.0735. The number of aromatic amines is 1. The van der Waals surface area contributed by atoms with Crippen molar-refractivity contribution in [3.63, 3.8) is 0 Å². The van der Waals surface area contributed by atoms with Crippen LogP contribution in [0.4, 0.5) is 0 Å².